The molecule has 2 aromatic heterocycles. The van der Waals surface area contributed by atoms with E-state index >= 15 is 0 Å². The summed E-state index contributed by atoms with van der Waals surface area (Å²) >= 11 is 0. The molecule has 0 saturated heterocycles. The number of carbonyl (C=O) groups is 1. The Hall–Kier alpha value is -2.60. The first kappa shape index (κ1) is 13.8. The number of para-hydroxylation sites is 1. The summed E-state index contributed by atoms with van der Waals surface area (Å²) in [7, 11) is 0. The van der Waals surface area contributed by atoms with Crippen molar-refractivity contribution in [2.45, 2.75) is 12.5 Å². The second-order valence-electron chi connectivity index (χ2n) is 4.27. The van der Waals surface area contributed by atoms with Crippen molar-refractivity contribution in [2.75, 3.05) is 0 Å². The van der Waals surface area contributed by atoms with Crippen LogP contribution >= 0.6 is 0 Å². The number of carboxylic acid groups (broad SMARTS) is 1. The topological polar surface area (TPSA) is 108 Å². The van der Waals surface area contributed by atoms with Gasteiger partial charge in [-0.15, -0.1) is 0 Å². The fraction of sp³-hybridized carbons (Fsp3) is 0.143. The summed E-state index contributed by atoms with van der Waals surface area (Å²) in [4.78, 5) is 20.1. The standard InChI is InChI=1S/C11H12N2O2.C3H4N2/c12-9(11(14)15)5-7-6-13-10-4-2-1-3-8(7)10;1-2-5-3-4-1/h1-4,6,9,13H,5,12H2,(H,14,15);1-3H,(H,4,5). The summed E-state index contributed by atoms with van der Waals surface area (Å²) in [6, 6.07) is 6.91. The maximum absolute atomic E-state index is 10.6. The highest BCUT2D eigenvalue weighted by atomic mass is 16.4. The van der Waals surface area contributed by atoms with Crippen molar-refractivity contribution in [2.24, 2.45) is 5.73 Å². The van der Waals surface area contributed by atoms with Gasteiger partial charge < -0.3 is 20.8 Å². The molecule has 3 aromatic rings. The summed E-state index contributed by atoms with van der Waals surface area (Å²) in [6.07, 6.45) is 7.24. The zero-order valence-corrected chi connectivity index (χ0v) is 10.8. The Kier molecular flexibility index (Phi) is 4.52. The summed E-state index contributed by atoms with van der Waals surface area (Å²) in [6.45, 7) is 0. The number of H-pyrrole nitrogens is 2. The molecule has 0 aliphatic heterocycles. The molecule has 0 bridgehead atoms. The lowest BCUT2D eigenvalue weighted by Crippen LogP contribution is -2.32. The van der Waals surface area contributed by atoms with E-state index in [-0.39, 0.29) is 0 Å². The third kappa shape index (κ3) is 3.46. The van der Waals surface area contributed by atoms with Crippen molar-refractivity contribution >= 4 is 16.9 Å². The number of hydrogen-bond donors (Lipinski definition) is 4. The normalized spacial score (nSPS) is 11.7. The SMILES string of the molecule is NC(Cc1c[nH]c2ccccc12)C(=O)O.c1c[nH]cn1. The maximum Gasteiger partial charge on any atom is 0.320 e. The van der Waals surface area contributed by atoms with Crippen LogP contribution in [0.3, 0.4) is 0 Å². The van der Waals surface area contributed by atoms with Crippen LogP contribution in [0.4, 0.5) is 0 Å². The van der Waals surface area contributed by atoms with Crippen molar-refractivity contribution in [1.29, 1.82) is 0 Å². The van der Waals surface area contributed by atoms with Crippen molar-refractivity contribution in [3.63, 3.8) is 0 Å². The summed E-state index contributed by atoms with van der Waals surface area (Å²) in [5.41, 5.74) is 7.43. The number of nitrogens with two attached hydrogens (primary N) is 1. The first-order valence-electron chi connectivity index (χ1n) is 6.14. The van der Waals surface area contributed by atoms with Gasteiger partial charge >= 0.3 is 5.97 Å². The molecule has 3 rings (SSSR count). The van der Waals surface area contributed by atoms with Gasteiger partial charge in [-0.3, -0.25) is 4.79 Å². The zero-order valence-electron chi connectivity index (χ0n) is 10.8. The number of benzene rings is 1. The van der Waals surface area contributed by atoms with Crippen LogP contribution < -0.4 is 5.73 Å². The van der Waals surface area contributed by atoms with E-state index in [4.69, 9.17) is 10.8 Å². The number of carboxylic acids is 1. The minimum atomic E-state index is -0.972. The minimum absolute atomic E-state index is 0.347. The van der Waals surface area contributed by atoms with Gasteiger partial charge in [0.15, 0.2) is 0 Å². The molecule has 2 heterocycles. The van der Waals surface area contributed by atoms with Crippen molar-refractivity contribution in [3.8, 4) is 0 Å². The fourth-order valence-electron chi connectivity index (χ4n) is 1.84. The molecule has 0 spiro atoms. The van der Waals surface area contributed by atoms with Gasteiger partial charge in [0.25, 0.3) is 0 Å². The van der Waals surface area contributed by atoms with Crippen LogP contribution in [0, 0.1) is 0 Å². The Bertz CT molecular complexity index is 643. The second kappa shape index (κ2) is 6.53. The molecule has 0 amide bonds. The van der Waals surface area contributed by atoms with Crippen LogP contribution in [-0.2, 0) is 11.2 Å². The van der Waals surface area contributed by atoms with E-state index in [0.717, 1.165) is 16.5 Å². The summed E-state index contributed by atoms with van der Waals surface area (Å²) in [5.74, 6) is -0.972. The number of rotatable bonds is 3. The highest BCUT2D eigenvalue weighted by Crippen LogP contribution is 2.18. The van der Waals surface area contributed by atoms with Gasteiger partial charge in [0.05, 0.1) is 6.33 Å². The number of hydrogen-bond acceptors (Lipinski definition) is 3. The van der Waals surface area contributed by atoms with Crippen molar-refractivity contribution in [1.82, 2.24) is 15.0 Å². The summed E-state index contributed by atoms with van der Waals surface area (Å²) in [5, 5.41) is 9.75. The molecule has 0 radical (unpaired) electrons. The quantitative estimate of drug-likeness (QED) is 0.580. The molecule has 0 aliphatic rings. The first-order chi connectivity index (χ1) is 9.68. The van der Waals surface area contributed by atoms with Crippen LogP contribution in [0.25, 0.3) is 10.9 Å². The molecule has 1 atom stereocenters. The van der Waals surface area contributed by atoms with Crippen LogP contribution in [0.1, 0.15) is 5.56 Å². The molecule has 0 saturated carbocycles. The van der Waals surface area contributed by atoms with Gasteiger partial charge in [0.2, 0.25) is 0 Å². The number of aromatic amines is 2. The molecule has 6 nitrogen and oxygen atoms in total. The number of fused-ring (bicyclic) bond motifs is 1. The molecule has 20 heavy (non-hydrogen) atoms. The number of imidazole rings is 1. The van der Waals surface area contributed by atoms with Gasteiger partial charge in [-0.2, -0.15) is 0 Å². The average Bonchev–Trinajstić information content (AvgIpc) is 3.12. The molecule has 6 heteroatoms. The van der Waals surface area contributed by atoms with Gasteiger partial charge in [0.1, 0.15) is 6.04 Å². The highest BCUT2D eigenvalue weighted by Gasteiger charge is 2.14. The molecular weight excluding hydrogens is 256 g/mol. The predicted octanol–water partition coefficient (Wildman–Crippen LogP) is 1.53. The van der Waals surface area contributed by atoms with Gasteiger partial charge in [-0.05, 0) is 11.6 Å². The average molecular weight is 272 g/mol. The third-order valence-electron chi connectivity index (χ3n) is 2.84. The van der Waals surface area contributed by atoms with Crippen molar-refractivity contribution in [3.05, 3.63) is 54.7 Å². The number of nitrogens with one attached hydrogen (secondary N) is 2. The lowest BCUT2D eigenvalue weighted by molar-refractivity contribution is -0.138. The molecule has 5 N–H and O–H groups in total. The van der Waals surface area contributed by atoms with E-state index in [0.29, 0.717) is 6.42 Å². The first-order valence-corrected chi connectivity index (χ1v) is 6.14. The maximum atomic E-state index is 10.6. The van der Waals surface area contributed by atoms with Gasteiger partial charge in [-0.25, -0.2) is 4.98 Å². The van der Waals surface area contributed by atoms with E-state index in [1.165, 1.54) is 0 Å². The van der Waals surface area contributed by atoms with Crippen LogP contribution in [0.2, 0.25) is 0 Å². The number of aliphatic carboxylic acids is 1. The lowest BCUT2D eigenvalue weighted by atomic mass is 10.1. The van der Waals surface area contributed by atoms with Crippen molar-refractivity contribution < 1.29 is 9.90 Å². The second-order valence-corrected chi connectivity index (χ2v) is 4.27. The fourth-order valence-corrected chi connectivity index (χ4v) is 1.84. The Morgan fingerprint density at radius 1 is 1.40 bits per heavy atom. The molecule has 1 aromatic carbocycles. The van der Waals surface area contributed by atoms with Crippen LogP contribution in [0.5, 0.6) is 0 Å². The van der Waals surface area contributed by atoms with E-state index in [9.17, 15) is 4.79 Å². The Morgan fingerprint density at radius 2 is 2.20 bits per heavy atom. The smallest absolute Gasteiger partial charge is 0.320 e. The van der Waals surface area contributed by atoms with Gasteiger partial charge in [0, 0.05) is 35.9 Å². The van der Waals surface area contributed by atoms with E-state index < -0.39 is 12.0 Å². The predicted molar refractivity (Wildman–Crippen MR) is 76.2 cm³/mol. The number of nitrogens with zero attached hydrogens (tertiary/aromatic N) is 1. The number of aromatic nitrogens is 3. The monoisotopic (exact) mass is 272 g/mol. The van der Waals surface area contributed by atoms with E-state index in [1.807, 2.05) is 30.5 Å². The highest BCUT2D eigenvalue weighted by molar-refractivity contribution is 5.84. The summed E-state index contributed by atoms with van der Waals surface area (Å²) < 4.78 is 0. The molecule has 1 unspecified atom stereocenters. The molecule has 104 valence electrons. The minimum Gasteiger partial charge on any atom is -0.480 e. The molecule has 0 aliphatic carbocycles. The van der Waals surface area contributed by atoms with E-state index in [1.54, 1.807) is 18.7 Å². The third-order valence-corrected chi connectivity index (χ3v) is 2.84. The van der Waals surface area contributed by atoms with E-state index in [2.05, 4.69) is 15.0 Å². The largest absolute Gasteiger partial charge is 0.480 e. The molecular formula is C14H16N4O2. The van der Waals surface area contributed by atoms with Crippen LogP contribution in [0.15, 0.2) is 49.2 Å². The van der Waals surface area contributed by atoms with Crippen LogP contribution in [-0.4, -0.2) is 32.1 Å². The zero-order chi connectivity index (χ0) is 14.4. The Morgan fingerprint density at radius 3 is 2.80 bits per heavy atom. The Labute approximate surface area is 115 Å². The molecule has 0 fully saturated rings. The lowest BCUT2D eigenvalue weighted by Gasteiger charge is -2.04. The Balaban J connectivity index is 0.000000247. The van der Waals surface area contributed by atoms with Gasteiger partial charge in [-0.1, -0.05) is 18.2 Å².